The zero-order valence-corrected chi connectivity index (χ0v) is 8.24. The van der Waals surface area contributed by atoms with Gasteiger partial charge in [-0.3, -0.25) is 0 Å². The molecule has 0 unspecified atom stereocenters. The Hall–Kier alpha value is -1.82. The molecule has 0 saturated heterocycles. The normalized spacial score (nSPS) is 10.0. The van der Waals surface area contributed by atoms with Crippen molar-refractivity contribution in [3.63, 3.8) is 0 Å². The predicted octanol–water partition coefficient (Wildman–Crippen LogP) is 4.17. The summed E-state index contributed by atoms with van der Waals surface area (Å²) in [6.45, 7) is 11.1. The molecule has 0 heteroatoms. The van der Waals surface area contributed by atoms with Gasteiger partial charge in [0.1, 0.15) is 0 Å². The van der Waals surface area contributed by atoms with Crippen molar-refractivity contribution in [1.82, 2.24) is 0 Å². The van der Waals surface area contributed by atoms with E-state index in [1.54, 1.807) is 6.08 Å². The van der Waals surface area contributed by atoms with Crippen LogP contribution >= 0.6 is 0 Å². The van der Waals surface area contributed by atoms with Crippen LogP contribution in [0.1, 0.15) is 16.7 Å². The first-order chi connectivity index (χ1) is 6.81. The van der Waals surface area contributed by atoms with Crippen molar-refractivity contribution in [3.05, 3.63) is 66.8 Å². The minimum Gasteiger partial charge on any atom is -0.0991 e. The SMILES string of the molecule is C=C/C=C\c1ccc(C=C)cc1C=C. The van der Waals surface area contributed by atoms with Crippen LogP contribution in [0.25, 0.3) is 18.2 Å². The third kappa shape index (κ3) is 2.33. The van der Waals surface area contributed by atoms with E-state index in [0.717, 1.165) is 16.7 Å². The maximum absolute atomic E-state index is 3.78. The Kier molecular flexibility index (Phi) is 3.69. The number of allylic oxidation sites excluding steroid dienone is 2. The van der Waals surface area contributed by atoms with E-state index in [0.29, 0.717) is 0 Å². The van der Waals surface area contributed by atoms with E-state index >= 15 is 0 Å². The minimum absolute atomic E-state index is 1.11. The van der Waals surface area contributed by atoms with Crippen LogP contribution in [-0.4, -0.2) is 0 Å². The lowest BCUT2D eigenvalue weighted by molar-refractivity contribution is 1.58. The molecule has 0 amide bonds. The molecule has 0 aliphatic heterocycles. The van der Waals surface area contributed by atoms with E-state index in [4.69, 9.17) is 0 Å². The molecule has 0 atom stereocenters. The third-order valence-corrected chi connectivity index (χ3v) is 1.98. The van der Waals surface area contributed by atoms with Crippen LogP contribution in [-0.2, 0) is 0 Å². The van der Waals surface area contributed by atoms with Crippen molar-refractivity contribution in [2.24, 2.45) is 0 Å². The van der Waals surface area contributed by atoms with E-state index in [1.165, 1.54) is 0 Å². The van der Waals surface area contributed by atoms with Crippen molar-refractivity contribution in [2.45, 2.75) is 0 Å². The maximum atomic E-state index is 3.78. The molecule has 0 bridgehead atoms. The summed E-state index contributed by atoms with van der Waals surface area (Å²) < 4.78 is 0. The smallest absolute Gasteiger partial charge is 0.0184 e. The van der Waals surface area contributed by atoms with Gasteiger partial charge in [0.2, 0.25) is 0 Å². The predicted molar refractivity (Wildman–Crippen MR) is 65.9 cm³/mol. The van der Waals surface area contributed by atoms with Crippen LogP contribution in [0.2, 0.25) is 0 Å². The van der Waals surface area contributed by atoms with Crippen molar-refractivity contribution in [1.29, 1.82) is 0 Å². The van der Waals surface area contributed by atoms with Gasteiger partial charge in [0.25, 0.3) is 0 Å². The molecule has 0 heterocycles. The molecular weight excluding hydrogens is 168 g/mol. The fourth-order valence-corrected chi connectivity index (χ4v) is 1.22. The Morgan fingerprint density at radius 3 is 2.29 bits per heavy atom. The van der Waals surface area contributed by atoms with Gasteiger partial charge in [-0.05, 0) is 22.8 Å². The Morgan fingerprint density at radius 1 is 0.929 bits per heavy atom. The van der Waals surface area contributed by atoms with E-state index in [9.17, 15) is 0 Å². The second kappa shape index (κ2) is 5.03. The molecule has 1 rings (SSSR count). The van der Waals surface area contributed by atoms with Gasteiger partial charge in [-0.2, -0.15) is 0 Å². The topological polar surface area (TPSA) is 0 Å². The Morgan fingerprint density at radius 2 is 1.71 bits per heavy atom. The first-order valence-electron chi connectivity index (χ1n) is 4.50. The molecule has 0 aliphatic rings. The van der Waals surface area contributed by atoms with Crippen LogP contribution < -0.4 is 0 Å². The highest BCUT2D eigenvalue weighted by atomic mass is 14.0. The molecule has 14 heavy (non-hydrogen) atoms. The highest BCUT2D eigenvalue weighted by Gasteiger charge is 1.95. The summed E-state index contributed by atoms with van der Waals surface area (Å²) in [4.78, 5) is 0. The summed E-state index contributed by atoms with van der Waals surface area (Å²) in [7, 11) is 0. The lowest BCUT2D eigenvalue weighted by atomic mass is 10.0. The van der Waals surface area contributed by atoms with Crippen molar-refractivity contribution in [2.75, 3.05) is 0 Å². The second-order valence-electron chi connectivity index (χ2n) is 2.89. The van der Waals surface area contributed by atoms with Gasteiger partial charge in [-0.1, -0.05) is 62.2 Å². The number of hydrogen-bond donors (Lipinski definition) is 0. The number of benzene rings is 1. The van der Waals surface area contributed by atoms with Gasteiger partial charge in [-0.25, -0.2) is 0 Å². The first-order valence-corrected chi connectivity index (χ1v) is 4.50. The molecule has 0 N–H and O–H groups in total. The molecule has 1 aromatic rings. The van der Waals surface area contributed by atoms with Gasteiger partial charge in [-0.15, -0.1) is 0 Å². The van der Waals surface area contributed by atoms with Crippen LogP contribution in [0, 0.1) is 0 Å². The molecule has 0 aliphatic carbocycles. The van der Waals surface area contributed by atoms with Gasteiger partial charge >= 0.3 is 0 Å². The highest BCUT2D eigenvalue weighted by molar-refractivity contribution is 5.68. The van der Waals surface area contributed by atoms with Gasteiger partial charge in [0, 0.05) is 0 Å². The van der Waals surface area contributed by atoms with Crippen LogP contribution in [0.4, 0.5) is 0 Å². The molecular formula is C14H14. The van der Waals surface area contributed by atoms with Crippen molar-refractivity contribution >= 4 is 18.2 Å². The number of rotatable bonds is 4. The summed E-state index contributed by atoms with van der Waals surface area (Å²) in [5, 5.41) is 0. The van der Waals surface area contributed by atoms with Gasteiger partial charge in [0.15, 0.2) is 0 Å². The van der Waals surface area contributed by atoms with E-state index in [1.807, 2.05) is 36.4 Å². The average Bonchev–Trinajstić information content (AvgIpc) is 2.26. The quantitative estimate of drug-likeness (QED) is 0.613. The fourth-order valence-electron chi connectivity index (χ4n) is 1.22. The molecule has 0 spiro atoms. The molecule has 0 aromatic heterocycles. The summed E-state index contributed by atoms with van der Waals surface area (Å²) in [5.41, 5.74) is 3.36. The zero-order valence-electron chi connectivity index (χ0n) is 8.24. The average molecular weight is 182 g/mol. The van der Waals surface area contributed by atoms with Crippen molar-refractivity contribution in [3.8, 4) is 0 Å². The summed E-state index contributed by atoms with van der Waals surface area (Å²) in [5.74, 6) is 0. The number of hydrogen-bond acceptors (Lipinski definition) is 0. The largest absolute Gasteiger partial charge is 0.0991 e. The fraction of sp³-hybridized carbons (Fsp3) is 0. The second-order valence-corrected chi connectivity index (χ2v) is 2.89. The van der Waals surface area contributed by atoms with Crippen LogP contribution in [0.5, 0.6) is 0 Å². The lowest BCUT2D eigenvalue weighted by Gasteiger charge is -2.02. The lowest BCUT2D eigenvalue weighted by Crippen LogP contribution is -1.81. The summed E-state index contributed by atoms with van der Waals surface area (Å²) in [6.07, 6.45) is 9.35. The van der Waals surface area contributed by atoms with Crippen molar-refractivity contribution < 1.29 is 0 Å². The van der Waals surface area contributed by atoms with Gasteiger partial charge < -0.3 is 0 Å². The molecule has 1 aromatic carbocycles. The van der Waals surface area contributed by atoms with Gasteiger partial charge in [0.05, 0.1) is 0 Å². The summed E-state index contributed by atoms with van der Waals surface area (Å²) in [6, 6.07) is 6.14. The molecule has 0 saturated carbocycles. The first kappa shape index (κ1) is 10.3. The summed E-state index contributed by atoms with van der Waals surface area (Å²) >= 11 is 0. The molecule has 0 fully saturated rings. The van der Waals surface area contributed by atoms with E-state index in [2.05, 4.69) is 25.8 Å². The molecule has 70 valence electrons. The van der Waals surface area contributed by atoms with E-state index in [-0.39, 0.29) is 0 Å². The standard InChI is InChI=1S/C14H14/c1-4-7-8-14-10-9-12(5-2)11-13(14)6-3/h4-11H,1-3H2/b8-7-. The molecule has 0 radical (unpaired) electrons. The van der Waals surface area contributed by atoms with Crippen LogP contribution in [0.3, 0.4) is 0 Å². The van der Waals surface area contributed by atoms with E-state index < -0.39 is 0 Å². The Bertz CT molecular complexity index is 381. The monoisotopic (exact) mass is 182 g/mol. The minimum atomic E-state index is 1.11. The maximum Gasteiger partial charge on any atom is -0.0184 e. The Labute approximate surface area is 85.6 Å². The third-order valence-electron chi connectivity index (χ3n) is 1.98. The van der Waals surface area contributed by atoms with Crippen LogP contribution in [0.15, 0.2) is 50.1 Å². The Balaban J connectivity index is 3.17. The highest BCUT2D eigenvalue weighted by Crippen LogP contribution is 2.15. The zero-order chi connectivity index (χ0) is 10.4. The molecule has 0 nitrogen and oxygen atoms in total.